The molecule has 0 saturated carbocycles. The number of carbonyl (C=O) groups is 2. The number of aliphatic carboxylic acids is 1. The van der Waals surface area contributed by atoms with Gasteiger partial charge in [0.2, 0.25) is 0 Å². The highest BCUT2D eigenvalue weighted by Crippen LogP contribution is 2.38. The second-order valence-electron chi connectivity index (χ2n) is 5.24. The largest absolute Gasteiger partial charge is 0.478 e. The van der Waals surface area contributed by atoms with Crippen molar-refractivity contribution in [2.24, 2.45) is 0 Å². The average molecular weight is 313 g/mol. The van der Waals surface area contributed by atoms with Crippen molar-refractivity contribution in [2.45, 2.75) is 19.8 Å². The summed E-state index contributed by atoms with van der Waals surface area (Å²) in [6, 6.07) is 9.08. The van der Waals surface area contributed by atoms with Gasteiger partial charge in [-0.05, 0) is 19.4 Å². The number of allylic oxidation sites excluding steroid dienone is 2. The zero-order valence-electron chi connectivity index (χ0n) is 13.1. The van der Waals surface area contributed by atoms with Crippen molar-refractivity contribution in [2.75, 3.05) is 6.61 Å². The van der Waals surface area contributed by atoms with Crippen molar-refractivity contribution in [1.29, 1.82) is 0 Å². The van der Waals surface area contributed by atoms with Crippen LogP contribution >= 0.6 is 0 Å². The van der Waals surface area contributed by atoms with E-state index in [4.69, 9.17) is 4.74 Å². The van der Waals surface area contributed by atoms with Crippen LogP contribution in [0.1, 0.15) is 25.3 Å². The molecule has 2 N–H and O–H groups in total. The summed E-state index contributed by atoms with van der Waals surface area (Å²) < 4.78 is 5.15. The lowest BCUT2D eigenvalue weighted by molar-refractivity contribution is -0.138. The number of rotatable bonds is 5. The summed E-state index contributed by atoms with van der Waals surface area (Å²) in [5.41, 5.74) is 2.29. The van der Waals surface area contributed by atoms with Crippen LogP contribution in [0.2, 0.25) is 0 Å². The van der Waals surface area contributed by atoms with Crippen LogP contribution in [0.15, 0.2) is 65.5 Å². The Labute approximate surface area is 135 Å². The maximum Gasteiger partial charge on any atom is 0.337 e. The molecule has 0 amide bonds. The topological polar surface area (TPSA) is 75.6 Å². The van der Waals surface area contributed by atoms with Gasteiger partial charge in [0, 0.05) is 11.4 Å². The van der Waals surface area contributed by atoms with Crippen molar-refractivity contribution in [3.8, 4) is 0 Å². The van der Waals surface area contributed by atoms with E-state index in [1.165, 1.54) is 6.08 Å². The first kappa shape index (κ1) is 16.5. The van der Waals surface area contributed by atoms with E-state index in [1.54, 1.807) is 26.0 Å². The number of esters is 1. The molecular formula is C18H19NO4. The maximum absolute atomic E-state index is 12.4. The van der Waals surface area contributed by atoms with Crippen LogP contribution in [0.4, 0.5) is 0 Å². The van der Waals surface area contributed by atoms with Crippen LogP contribution in [0.5, 0.6) is 0 Å². The third-order valence-corrected chi connectivity index (χ3v) is 3.68. The summed E-state index contributed by atoms with van der Waals surface area (Å²) in [5.74, 6) is -2.28. The van der Waals surface area contributed by atoms with Crippen LogP contribution in [0.25, 0.3) is 0 Å². The first-order valence-corrected chi connectivity index (χ1v) is 7.22. The van der Waals surface area contributed by atoms with Gasteiger partial charge in [0.1, 0.15) is 6.61 Å². The SMILES string of the molecule is C=CCOC(=O)C1=C(C)NC(C)=C(C(=O)O)C1c1ccccc1. The predicted octanol–water partition coefficient (Wildman–Crippen LogP) is 2.74. The van der Waals surface area contributed by atoms with E-state index in [9.17, 15) is 14.7 Å². The van der Waals surface area contributed by atoms with Crippen LogP contribution in [-0.2, 0) is 14.3 Å². The van der Waals surface area contributed by atoms with Crippen molar-refractivity contribution in [1.82, 2.24) is 5.32 Å². The Morgan fingerprint density at radius 3 is 2.39 bits per heavy atom. The number of carbonyl (C=O) groups excluding carboxylic acids is 1. The first-order valence-electron chi connectivity index (χ1n) is 7.22. The van der Waals surface area contributed by atoms with Crippen molar-refractivity contribution < 1.29 is 19.4 Å². The molecule has 2 rings (SSSR count). The van der Waals surface area contributed by atoms with Crippen LogP contribution in [0.3, 0.4) is 0 Å². The molecular weight excluding hydrogens is 294 g/mol. The van der Waals surface area contributed by atoms with Crippen molar-refractivity contribution in [3.05, 3.63) is 71.1 Å². The fourth-order valence-corrected chi connectivity index (χ4v) is 2.74. The molecule has 0 bridgehead atoms. The molecule has 1 aromatic rings. The van der Waals surface area contributed by atoms with Gasteiger partial charge in [0.05, 0.1) is 17.1 Å². The molecule has 120 valence electrons. The fourth-order valence-electron chi connectivity index (χ4n) is 2.74. The summed E-state index contributed by atoms with van der Waals surface area (Å²) >= 11 is 0. The van der Waals surface area contributed by atoms with Gasteiger partial charge in [-0.2, -0.15) is 0 Å². The van der Waals surface area contributed by atoms with E-state index in [1.807, 2.05) is 18.2 Å². The summed E-state index contributed by atoms with van der Waals surface area (Å²) in [7, 11) is 0. The highest BCUT2D eigenvalue weighted by molar-refractivity contribution is 5.99. The number of carboxylic acids is 1. The summed E-state index contributed by atoms with van der Waals surface area (Å²) in [6.07, 6.45) is 1.47. The molecule has 1 aliphatic heterocycles. The highest BCUT2D eigenvalue weighted by Gasteiger charge is 2.36. The van der Waals surface area contributed by atoms with Gasteiger partial charge in [0.25, 0.3) is 0 Å². The Morgan fingerprint density at radius 1 is 1.22 bits per heavy atom. The standard InChI is InChI=1S/C18H19NO4/c1-4-10-23-18(22)15-12(3)19-11(2)14(17(20)21)16(15)13-8-6-5-7-9-13/h4-9,16,19H,1,10H2,2-3H3,(H,20,21). The van der Waals surface area contributed by atoms with Gasteiger partial charge in [-0.15, -0.1) is 0 Å². The molecule has 1 unspecified atom stereocenters. The molecule has 5 nitrogen and oxygen atoms in total. The minimum Gasteiger partial charge on any atom is -0.478 e. The molecule has 0 radical (unpaired) electrons. The molecule has 0 spiro atoms. The number of ether oxygens (including phenoxy) is 1. The second kappa shape index (κ2) is 6.96. The molecule has 1 aromatic carbocycles. The zero-order chi connectivity index (χ0) is 17.0. The van der Waals surface area contributed by atoms with E-state index in [0.29, 0.717) is 17.0 Å². The van der Waals surface area contributed by atoms with E-state index >= 15 is 0 Å². The lowest BCUT2D eigenvalue weighted by Crippen LogP contribution is -2.31. The molecule has 0 saturated heterocycles. The molecule has 5 heteroatoms. The van der Waals surface area contributed by atoms with Crippen molar-refractivity contribution >= 4 is 11.9 Å². The molecule has 0 aromatic heterocycles. The quantitative estimate of drug-likeness (QED) is 0.646. The normalized spacial score (nSPS) is 17.6. The van der Waals surface area contributed by atoms with Gasteiger partial charge in [-0.3, -0.25) is 0 Å². The Morgan fingerprint density at radius 2 is 1.83 bits per heavy atom. The zero-order valence-corrected chi connectivity index (χ0v) is 13.1. The first-order chi connectivity index (χ1) is 11.0. The second-order valence-corrected chi connectivity index (χ2v) is 5.24. The summed E-state index contributed by atoms with van der Waals surface area (Å²) in [4.78, 5) is 24.2. The molecule has 1 aliphatic rings. The maximum atomic E-state index is 12.4. The van der Waals surface area contributed by atoms with Crippen molar-refractivity contribution in [3.63, 3.8) is 0 Å². The Kier molecular flexibility index (Phi) is 5.01. The smallest absolute Gasteiger partial charge is 0.337 e. The Bertz CT molecular complexity index is 701. The third kappa shape index (κ3) is 3.34. The molecule has 1 heterocycles. The number of benzene rings is 1. The van der Waals surface area contributed by atoms with E-state index in [-0.39, 0.29) is 12.2 Å². The summed E-state index contributed by atoms with van der Waals surface area (Å²) in [6.45, 7) is 7.02. The lowest BCUT2D eigenvalue weighted by atomic mass is 9.80. The number of carboxylic acid groups (broad SMARTS) is 1. The highest BCUT2D eigenvalue weighted by atomic mass is 16.5. The average Bonchev–Trinajstić information content (AvgIpc) is 2.52. The van der Waals surface area contributed by atoms with E-state index < -0.39 is 17.9 Å². The minimum absolute atomic E-state index is 0.0717. The van der Waals surface area contributed by atoms with Gasteiger partial charge in [0.15, 0.2) is 0 Å². The number of hydrogen-bond donors (Lipinski definition) is 2. The van der Waals surface area contributed by atoms with E-state index in [2.05, 4.69) is 11.9 Å². The number of dihydropyridines is 1. The van der Waals surface area contributed by atoms with Crippen LogP contribution < -0.4 is 5.32 Å². The molecule has 0 fully saturated rings. The summed E-state index contributed by atoms with van der Waals surface area (Å²) in [5, 5.41) is 12.6. The Balaban J connectivity index is 2.57. The molecule has 23 heavy (non-hydrogen) atoms. The van der Waals surface area contributed by atoms with Gasteiger partial charge in [-0.1, -0.05) is 43.0 Å². The molecule has 1 atom stereocenters. The monoisotopic (exact) mass is 313 g/mol. The number of nitrogens with one attached hydrogen (secondary N) is 1. The van der Waals surface area contributed by atoms with Gasteiger partial charge >= 0.3 is 11.9 Å². The fraction of sp³-hybridized carbons (Fsp3) is 0.222. The van der Waals surface area contributed by atoms with Crippen LogP contribution in [-0.4, -0.2) is 23.7 Å². The van der Waals surface area contributed by atoms with E-state index in [0.717, 1.165) is 5.56 Å². The van der Waals surface area contributed by atoms with Crippen LogP contribution in [0, 0.1) is 0 Å². The van der Waals surface area contributed by atoms with Gasteiger partial charge in [-0.25, -0.2) is 9.59 Å². The third-order valence-electron chi connectivity index (χ3n) is 3.68. The molecule has 0 aliphatic carbocycles. The van der Waals surface area contributed by atoms with Gasteiger partial charge < -0.3 is 15.2 Å². The number of hydrogen-bond acceptors (Lipinski definition) is 4. The lowest BCUT2D eigenvalue weighted by Gasteiger charge is -2.29. The minimum atomic E-state index is -1.06. The predicted molar refractivity (Wildman–Crippen MR) is 86.5 cm³/mol. The Hall–Kier alpha value is -2.82.